The second-order valence-corrected chi connectivity index (χ2v) is 5.28. The molecule has 0 saturated heterocycles. The van der Waals surface area contributed by atoms with E-state index in [0.29, 0.717) is 17.1 Å². The topological polar surface area (TPSA) is 76.7 Å². The van der Waals surface area contributed by atoms with Crippen molar-refractivity contribution in [3.8, 4) is 11.5 Å². The summed E-state index contributed by atoms with van der Waals surface area (Å²) in [5, 5.41) is 5.56. The molecule has 7 heteroatoms. The van der Waals surface area contributed by atoms with Crippen molar-refractivity contribution in [2.24, 2.45) is 0 Å². The number of rotatable bonds is 5. The summed E-state index contributed by atoms with van der Waals surface area (Å²) in [6, 6.07) is 9.98. The van der Waals surface area contributed by atoms with Crippen molar-refractivity contribution in [2.45, 2.75) is 6.92 Å². The molecule has 0 saturated carbocycles. The highest BCUT2D eigenvalue weighted by molar-refractivity contribution is 6.34. The van der Waals surface area contributed by atoms with Gasteiger partial charge >= 0.3 is 0 Å². The Bertz CT molecular complexity index is 777. The predicted octanol–water partition coefficient (Wildman–Crippen LogP) is 3.57. The van der Waals surface area contributed by atoms with E-state index in [4.69, 9.17) is 21.1 Å². The number of carbonyl (C=O) groups is 2. The van der Waals surface area contributed by atoms with E-state index in [2.05, 4.69) is 10.6 Å². The number of hydrogen-bond donors (Lipinski definition) is 2. The molecule has 0 aromatic heterocycles. The fourth-order valence-electron chi connectivity index (χ4n) is 2.12. The Morgan fingerprint density at radius 1 is 0.958 bits per heavy atom. The van der Waals surface area contributed by atoms with Crippen LogP contribution in [0.25, 0.3) is 0 Å². The molecule has 0 aliphatic heterocycles. The lowest BCUT2D eigenvalue weighted by atomic mass is 10.1. The Balaban J connectivity index is 2.35. The van der Waals surface area contributed by atoms with Crippen LogP contribution in [0.3, 0.4) is 0 Å². The monoisotopic (exact) mass is 348 g/mol. The average molecular weight is 349 g/mol. The van der Waals surface area contributed by atoms with Crippen molar-refractivity contribution in [2.75, 3.05) is 24.9 Å². The van der Waals surface area contributed by atoms with Crippen molar-refractivity contribution in [1.29, 1.82) is 0 Å². The normalized spacial score (nSPS) is 10.0. The molecule has 6 nitrogen and oxygen atoms in total. The van der Waals surface area contributed by atoms with Crippen LogP contribution in [0.1, 0.15) is 17.3 Å². The summed E-state index contributed by atoms with van der Waals surface area (Å²) in [5.41, 5.74) is 1.13. The van der Waals surface area contributed by atoms with Gasteiger partial charge in [0.2, 0.25) is 5.91 Å². The third-order valence-electron chi connectivity index (χ3n) is 3.20. The quantitative estimate of drug-likeness (QED) is 0.866. The summed E-state index contributed by atoms with van der Waals surface area (Å²) in [5.74, 6) is 0.138. The van der Waals surface area contributed by atoms with Gasteiger partial charge in [-0.25, -0.2) is 0 Å². The van der Waals surface area contributed by atoms with Gasteiger partial charge < -0.3 is 20.1 Å². The van der Waals surface area contributed by atoms with Gasteiger partial charge in [-0.05, 0) is 18.2 Å². The number of ether oxygens (including phenoxy) is 2. The first-order chi connectivity index (χ1) is 11.5. The van der Waals surface area contributed by atoms with Gasteiger partial charge in [0.15, 0.2) is 0 Å². The highest BCUT2D eigenvalue weighted by Gasteiger charge is 2.17. The summed E-state index contributed by atoms with van der Waals surface area (Å²) < 4.78 is 10.4. The molecule has 0 unspecified atom stereocenters. The maximum absolute atomic E-state index is 12.6. The molecule has 0 radical (unpaired) electrons. The molecular weight excluding hydrogens is 332 g/mol. The molecule has 0 aliphatic carbocycles. The van der Waals surface area contributed by atoms with Crippen LogP contribution in [0.2, 0.25) is 5.02 Å². The van der Waals surface area contributed by atoms with E-state index in [-0.39, 0.29) is 22.2 Å². The molecule has 2 aromatic rings. The van der Waals surface area contributed by atoms with E-state index in [1.165, 1.54) is 33.3 Å². The predicted molar refractivity (Wildman–Crippen MR) is 93.3 cm³/mol. The first-order valence-corrected chi connectivity index (χ1v) is 7.43. The second-order valence-electron chi connectivity index (χ2n) is 4.87. The van der Waals surface area contributed by atoms with E-state index in [0.717, 1.165) is 0 Å². The van der Waals surface area contributed by atoms with Crippen LogP contribution in [0.4, 0.5) is 11.4 Å². The maximum Gasteiger partial charge on any atom is 0.259 e. The van der Waals surface area contributed by atoms with Gasteiger partial charge in [0.1, 0.15) is 11.5 Å². The van der Waals surface area contributed by atoms with E-state index in [1.807, 2.05) is 0 Å². The van der Waals surface area contributed by atoms with Crippen molar-refractivity contribution in [3.63, 3.8) is 0 Å². The van der Waals surface area contributed by atoms with Crippen LogP contribution in [0.5, 0.6) is 11.5 Å². The van der Waals surface area contributed by atoms with Crippen LogP contribution in [0, 0.1) is 0 Å². The molecule has 0 spiro atoms. The molecule has 0 bridgehead atoms. The zero-order valence-corrected chi connectivity index (χ0v) is 14.2. The number of nitrogens with one attached hydrogen (secondary N) is 2. The minimum absolute atomic E-state index is 0.233. The van der Waals surface area contributed by atoms with Gasteiger partial charge in [-0.3, -0.25) is 9.59 Å². The first kappa shape index (κ1) is 17.6. The zero-order valence-electron chi connectivity index (χ0n) is 13.5. The van der Waals surface area contributed by atoms with Gasteiger partial charge in [-0.1, -0.05) is 23.7 Å². The minimum atomic E-state index is -0.410. The molecule has 0 aliphatic rings. The second kappa shape index (κ2) is 7.70. The van der Waals surface area contributed by atoms with Crippen LogP contribution in [-0.2, 0) is 4.79 Å². The first-order valence-electron chi connectivity index (χ1n) is 7.05. The summed E-state index contributed by atoms with van der Waals surface area (Å²) in [4.78, 5) is 23.7. The van der Waals surface area contributed by atoms with E-state index < -0.39 is 5.91 Å². The van der Waals surface area contributed by atoms with Crippen LogP contribution >= 0.6 is 11.6 Å². The van der Waals surface area contributed by atoms with Crippen molar-refractivity contribution >= 4 is 34.8 Å². The molecule has 0 atom stereocenters. The maximum atomic E-state index is 12.6. The number of benzene rings is 2. The van der Waals surface area contributed by atoms with Gasteiger partial charge in [0, 0.05) is 13.0 Å². The van der Waals surface area contributed by atoms with E-state index in [9.17, 15) is 9.59 Å². The Hall–Kier alpha value is -2.73. The molecule has 2 amide bonds. The number of anilines is 2. The number of amides is 2. The summed E-state index contributed by atoms with van der Waals surface area (Å²) >= 11 is 6.13. The Labute approximate surface area is 144 Å². The van der Waals surface area contributed by atoms with Crippen molar-refractivity contribution in [1.82, 2.24) is 0 Å². The van der Waals surface area contributed by atoms with Crippen molar-refractivity contribution < 1.29 is 19.1 Å². The van der Waals surface area contributed by atoms with Gasteiger partial charge in [-0.2, -0.15) is 0 Å². The molecular formula is C17H17ClN2O4. The highest BCUT2D eigenvalue weighted by Crippen LogP contribution is 2.32. The molecule has 0 fully saturated rings. The smallest absolute Gasteiger partial charge is 0.259 e. The summed E-state index contributed by atoms with van der Waals surface area (Å²) in [6.45, 7) is 1.37. The molecule has 0 heterocycles. The Morgan fingerprint density at radius 3 is 2.25 bits per heavy atom. The number of hydrogen-bond acceptors (Lipinski definition) is 4. The van der Waals surface area contributed by atoms with Gasteiger partial charge in [0.25, 0.3) is 5.91 Å². The highest BCUT2D eigenvalue weighted by atomic mass is 35.5. The number of carbonyl (C=O) groups excluding carboxylic acids is 2. The third-order valence-corrected chi connectivity index (χ3v) is 3.51. The lowest BCUT2D eigenvalue weighted by molar-refractivity contribution is -0.114. The number of para-hydroxylation sites is 2. The third kappa shape index (κ3) is 3.97. The molecule has 2 N–H and O–H groups in total. The number of halogens is 1. The lowest BCUT2D eigenvalue weighted by Crippen LogP contribution is -2.15. The largest absolute Gasteiger partial charge is 0.496 e. The molecule has 2 aromatic carbocycles. The standard InChI is InChI=1S/C17H17ClN2O4/c1-10(21)19-14-9-16(24-3)11(8-12(14)18)17(22)20-13-6-4-5-7-15(13)23-2/h4-9H,1-3H3,(H,19,21)(H,20,22). The SMILES string of the molecule is COc1ccccc1NC(=O)c1cc(Cl)c(NC(C)=O)cc1OC. The van der Waals surface area contributed by atoms with Crippen molar-refractivity contribution in [3.05, 3.63) is 47.0 Å². The Kier molecular flexibility index (Phi) is 5.65. The van der Waals surface area contributed by atoms with Crippen LogP contribution in [0.15, 0.2) is 36.4 Å². The van der Waals surface area contributed by atoms with Crippen LogP contribution in [-0.4, -0.2) is 26.0 Å². The minimum Gasteiger partial charge on any atom is -0.496 e. The Morgan fingerprint density at radius 2 is 1.62 bits per heavy atom. The average Bonchev–Trinajstić information content (AvgIpc) is 2.56. The zero-order chi connectivity index (χ0) is 17.7. The lowest BCUT2D eigenvalue weighted by Gasteiger charge is -2.14. The van der Waals surface area contributed by atoms with Crippen LogP contribution < -0.4 is 20.1 Å². The van der Waals surface area contributed by atoms with Gasteiger partial charge in [-0.15, -0.1) is 0 Å². The molecule has 24 heavy (non-hydrogen) atoms. The van der Waals surface area contributed by atoms with E-state index >= 15 is 0 Å². The summed E-state index contributed by atoms with van der Waals surface area (Å²) in [7, 11) is 2.95. The summed E-state index contributed by atoms with van der Waals surface area (Å²) in [6.07, 6.45) is 0. The van der Waals surface area contributed by atoms with E-state index in [1.54, 1.807) is 24.3 Å². The molecule has 126 valence electrons. The van der Waals surface area contributed by atoms with Gasteiger partial charge in [0.05, 0.1) is 36.2 Å². The number of methoxy groups -OCH3 is 2. The fourth-order valence-corrected chi connectivity index (χ4v) is 2.33. The fraction of sp³-hybridized carbons (Fsp3) is 0.176. The molecule has 2 rings (SSSR count).